The minimum atomic E-state index is 0. The maximum Gasteiger partial charge on any atom is -1.00 e. The Kier molecular flexibility index (Phi) is 17.0. The van der Waals surface area contributed by atoms with E-state index >= 15 is 0 Å². The SMILES string of the molecule is CCC1=CC(c2ccccc2)=[C-]C1.CCC1=CC(c2ccccc2)=[C-]C1.C[Si](C)=[Zr+2].[Cl-].[Cl-]. The van der Waals surface area contributed by atoms with Crippen LogP contribution >= 0.6 is 0 Å². The molecule has 0 saturated heterocycles. The van der Waals surface area contributed by atoms with Crippen LogP contribution in [0.25, 0.3) is 11.1 Å². The van der Waals surface area contributed by atoms with Crippen molar-refractivity contribution in [3.05, 3.63) is 107 Å². The van der Waals surface area contributed by atoms with Crippen LogP contribution in [0.5, 0.6) is 0 Å². The van der Waals surface area contributed by atoms with Gasteiger partial charge in [0.25, 0.3) is 0 Å². The Hall–Kier alpha value is -0.920. The van der Waals surface area contributed by atoms with Gasteiger partial charge in [-0.2, -0.15) is 35.5 Å². The van der Waals surface area contributed by atoms with E-state index in [9.17, 15) is 0 Å². The van der Waals surface area contributed by atoms with Crippen molar-refractivity contribution in [2.24, 2.45) is 0 Å². The second kappa shape index (κ2) is 17.5. The van der Waals surface area contributed by atoms with Gasteiger partial charge in [-0.15, -0.1) is 46.5 Å². The van der Waals surface area contributed by atoms with Gasteiger partial charge in [0.05, 0.1) is 0 Å². The van der Waals surface area contributed by atoms with Crippen LogP contribution in [-0.2, 0) is 23.3 Å². The first-order valence-electron chi connectivity index (χ1n) is 10.8. The third kappa shape index (κ3) is 11.3. The number of hydrogen-bond donors (Lipinski definition) is 0. The zero-order chi connectivity index (χ0) is 21.8. The molecule has 0 aliphatic heterocycles. The molecule has 0 atom stereocenters. The van der Waals surface area contributed by atoms with Crippen LogP contribution in [0.2, 0.25) is 13.1 Å². The predicted molar refractivity (Wildman–Crippen MR) is 130 cm³/mol. The molecule has 32 heavy (non-hydrogen) atoms. The van der Waals surface area contributed by atoms with Crippen LogP contribution in [0.3, 0.4) is 0 Å². The van der Waals surface area contributed by atoms with Gasteiger partial charge < -0.3 is 24.8 Å². The largest absolute Gasteiger partial charge is 1.00 e. The predicted octanol–water partition coefficient (Wildman–Crippen LogP) is 2.02. The topological polar surface area (TPSA) is 0 Å². The van der Waals surface area contributed by atoms with Gasteiger partial charge in [-0.3, -0.25) is 0 Å². The van der Waals surface area contributed by atoms with Gasteiger partial charge in [0.15, 0.2) is 0 Å². The maximum atomic E-state index is 3.40. The monoisotopic (exact) mass is 556 g/mol. The van der Waals surface area contributed by atoms with E-state index in [4.69, 9.17) is 0 Å². The van der Waals surface area contributed by atoms with E-state index in [0.717, 1.165) is 25.7 Å². The standard InChI is InChI=1S/2C13H13.C2H6Si.2ClH.Zr/c2*1-2-11-8-9-13(10-11)12-6-4-3-5-7-12;1-3-2;;;/h2*3-7,10H,2,8H2,1H3;1-2H3;2*1H;/q2*-1;;;;+2/p-2. The Morgan fingerprint density at radius 1 is 0.688 bits per heavy atom. The van der Waals surface area contributed by atoms with Gasteiger partial charge in [-0.05, 0) is 12.8 Å². The number of allylic oxidation sites excluding steroid dienone is 8. The molecule has 4 rings (SSSR count). The van der Waals surface area contributed by atoms with Crippen molar-refractivity contribution in [3.8, 4) is 0 Å². The molecule has 0 saturated carbocycles. The van der Waals surface area contributed by atoms with Gasteiger partial charge in [-0.25, -0.2) is 0 Å². The Balaban J connectivity index is 0.000000490. The number of benzene rings is 2. The normalized spacial score (nSPS) is 13.4. The molecule has 0 heterocycles. The number of hydrogen-bond acceptors (Lipinski definition) is 0. The molecule has 2 aromatic carbocycles. The average molecular weight is 559 g/mol. The first-order valence-corrected chi connectivity index (χ1v) is 16.9. The Morgan fingerprint density at radius 2 is 1.00 bits per heavy atom. The Labute approximate surface area is 223 Å². The third-order valence-electron chi connectivity index (χ3n) is 4.79. The molecule has 0 spiro atoms. The summed E-state index contributed by atoms with van der Waals surface area (Å²) in [6.45, 7) is 9.01. The second-order valence-electron chi connectivity index (χ2n) is 7.58. The molecule has 0 aromatic heterocycles. The van der Waals surface area contributed by atoms with Gasteiger partial charge in [0.2, 0.25) is 0 Å². The summed E-state index contributed by atoms with van der Waals surface area (Å²) in [5.41, 5.74) is 8.27. The molecule has 2 aromatic rings. The van der Waals surface area contributed by atoms with E-state index in [-0.39, 0.29) is 30.2 Å². The maximum absolute atomic E-state index is 3.40. The minimum Gasteiger partial charge on any atom is -1.00 e. The van der Waals surface area contributed by atoms with Crippen LogP contribution in [0.4, 0.5) is 0 Å². The summed E-state index contributed by atoms with van der Waals surface area (Å²) >= 11 is 1.74. The Morgan fingerprint density at radius 3 is 1.25 bits per heavy atom. The van der Waals surface area contributed by atoms with E-state index in [1.807, 2.05) is 12.1 Å². The first kappa shape index (κ1) is 31.1. The molecule has 2 aliphatic carbocycles. The fraction of sp³-hybridized carbons (Fsp3) is 0.286. The molecule has 0 bridgehead atoms. The molecule has 0 N–H and O–H groups in total. The zero-order valence-electron chi connectivity index (χ0n) is 19.5. The summed E-state index contributed by atoms with van der Waals surface area (Å²) in [7, 11) is 0. The first-order chi connectivity index (χ1) is 14.5. The fourth-order valence-electron chi connectivity index (χ4n) is 3.09. The van der Waals surface area contributed by atoms with Crippen LogP contribution in [-0.4, -0.2) is 5.43 Å². The van der Waals surface area contributed by atoms with Crippen molar-refractivity contribution >= 4 is 16.6 Å². The van der Waals surface area contributed by atoms with Crippen LogP contribution in [0, 0.1) is 12.2 Å². The van der Waals surface area contributed by atoms with Crippen molar-refractivity contribution in [1.82, 2.24) is 0 Å². The summed E-state index contributed by atoms with van der Waals surface area (Å²) in [6.07, 6.45) is 15.6. The van der Waals surface area contributed by atoms with Crippen molar-refractivity contribution in [2.45, 2.75) is 52.6 Å². The summed E-state index contributed by atoms with van der Waals surface area (Å²) in [4.78, 5) is 0. The van der Waals surface area contributed by atoms with Crippen molar-refractivity contribution in [1.29, 1.82) is 0 Å². The van der Waals surface area contributed by atoms with Crippen molar-refractivity contribution < 1.29 is 48.1 Å². The van der Waals surface area contributed by atoms with Gasteiger partial charge in [0.1, 0.15) is 0 Å². The van der Waals surface area contributed by atoms with Gasteiger partial charge >= 0.3 is 41.9 Å². The van der Waals surface area contributed by atoms with E-state index in [0.29, 0.717) is 0 Å². The van der Waals surface area contributed by atoms with E-state index in [2.05, 4.69) is 99.8 Å². The second-order valence-corrected chi connectivity index (χ2v) is 17.0. The number of halogens is 2. The van der Waals surface area contributed by atoms with E-state index in [1.54, 1.807) is 23.3 Å². The summed E-state index contributed by atoms with van der Waals surface area (Å²) in [6, 6.07) is 20.9. The van der Waals surface area contributed by atoms with Crippen LogP contribution < -0.4 is 24.8 Å². The van der Waals surface area contributed by atoms with Crippen molar-refractivity contribution in [2.75, 3.05) is 0 Å². The van der Waals surface area contributed by atoms with Gasteiger partial charge in [0, 0.05) is 0 Å². The van der Waals surface area contributed by atoms with Gasteiger partial charge in [-0.1, -0.05) is 63.1 Å². The van der Waals surface area contributed by atoms with Crippen molar-refractivity contribution in [3.63, 3.8) is 0 Å². The van der Waals surface area contributed by atoms with E-state index < -0.39 is 0 Å². The summed E-state index contributed by atoms with van der Waals surface area (Å²) in [5.74, 6) is 0. The molecule has 0 radical (unpaired) electrons. The molecular formula is C28H32Cl2SiZr-2. The smallest absolute Gasteiger partial charge is 1.00 e. The quantitative estimate of drug-likeness (QED) is 0.398. The molecular weight excluding hydrogens is 527 g/mol. The van der Waals surface area contributed by atoms with Crippen LogP contribution in [0.1, 0.15) is 50.7 Å². The summed E-state index contributed by atoms with van der Waals surface area (Å²) in [5, 5.41) is 0. The molecule has 0 unspecified atom stereocenters. The molecule has 2 aliphatic rings. The fourth-order valence-corrected chi connectivity index (χ4v) is 3.09. The molecule has 0 fully saturated rings. The van der Waals surface area contributed by atoms with Crippen LogP contribution in [0.15, 0.2) is 84.0 Å². The number of rotatable bonds is 4. The molecule has 168 valence electrons. The minimum absolute atomic E-state index is 0. The zero-order valence-corrected chi connectivity index (χ0v) is 24.5. The van der Waals surface area contributed by atoms with E-state index in [1.165, 1.54) is 33.4 Å². The third-order valence-corrected chi connectivity index (χ3v) is 4.79. The molecule has 4 heteroatoms. The summed E-state index contributed by atoms with van der Waals surface area (Å²) < 4.78 is 0. The average Bonchev–Trinajstić information content (AvgIpc) is 3.45. The molecule has 0 nitrogen and oxygen atoms in total. The Bertz CT molecular complexity index is 864. The molecule has 0 amide bonds.